The Hall–Kier alpha value is -3.15. The monoisotopic (exact) mass is 420 g/mol. The van der Waals surface area contributed by atoms with Gasteiger partial charge in [-0.2, -0.15) is 5.26 Å². The van der Waals surface area contributed by atoms with Crippen molar-refractivity contribution >= 4 is 17.3 Å². The number of anilines is 2. The van der Waals surface area contributed by atoms with Gasteiger partial charge in [-0.15, -0.1) is 0 Å². The van der Waals surface area contributed by atoms with Crippen LogP contribution in [-0.2, 0) is 11.2 Å². The predicted octanol–water partition coefficient (Wildman–Crippen LogP) is 4.33. The van der Waals surface area contributed by atoms with Gasteiger partial charge in [0, 0.05) is 12.6 Å². The van der Waals surface area contributed by atoms with Crippen molar-refractivity contribution in [2.24, 2.45) is 5.41 Å². The Bertz CT molecular complexity index is 1080. The second-order valence-corrected chi connectivity index (χ2v) is 7.37. The first-order valence-electron chi connectivity index (χ1n) is 9.29. The van der Waals surface area contributed by atoms with E-state index in [4.69, 9.17) is 0 Å². The van der Waals surface area contributed by atoms with Gasteiger partial charge in [0.1, 0.15) is 11.5 Å². The summed E-state index contributed by atoms with van der Waals surface area (Å²) in [6, 6.07) is 4.23. The minimum atomic E-state index is -3.51. The van der Waals surface area contributed by atoms with E-state index < -0.39 is 40.4 Å². The third-order valence-electron chi connectivity index (χ3n) is 5.78. The van der Waals surface area contributed by atoms with Gasteiger partial charge in [-0.25, -0.2) is 17.6 Å². The van der Waals surface area contributed by atoms with E-state index in [0.717, 1.165) is 19.1 Å². The summed E-state index contributed by atoms with van der Waals surface area (Å²) in [7, 11) is 1.21. The molecule has 158 valence electrons. The van der Waals surface area contributed by atoms with Crippen molar-refractivity contribution in [3.8, 4) is 6.07 Å². The van der Waals surface area contributed by atoms with Gasteiger partial charge in [0.15, 0.2) is 11.6 Å². The number of amides is 1. The second-order valence-electron chi connectivity index (χ2n) is 7.37. The van der Waals surface area contributed by atoms with Crippen LogP contribution in [0.3, 0.4) is 0 Å². The highest BCUT2D eigenvalue weighted by molar-refractivity contribution is 5.89. The van der Waals surface area contributed by atoms with E-state index in [9.17, 15) is 27.6 Å². The fourth-order valence-electron chi connectivity index (χ4n) is 3.89. The van der Waals surface area contributed by atoms with E-state index in [-0.39, 0.29) is 5.69 Å². The SMILES string of the molecule is CCc1c(Nc2ccc(C3C(F)(F)C3(C)C(=O)NC)c(F)c2F)cnc(C)c1C#N. The number of hydrogen-bond acceptors (Lipinski definition) is 4. The van der Waals surface area contributed by atoms with Crippen molar-refractivity contribution in [3.05, 3.63) is 52.3 Å². The standard InChI is InChI=1S/C21H20F4N4O/c1-5-11-13(8-26)10(2)28-9-15(11)29-14-7-6-12(16(22)17(14)23)18-20(3,19(30)27-4)21(18,24)25/h6-7,9,18,29H,5H2,1-4H3,(H,27,30). The van der Waals surface area contributed by atoms with Gasteiger partial charge in [-0.1, -0.05) is 13.0 Å². The summed E-state index contributed by atoms with van der Waals surface area (Å²) in [5, 5.41) is 14.2. The molecule has 30 heavy (non-hydrogen) atoms. The molecule has 1 heterocycles. The summed E-state index contributed by atoms with van der Waals surface area (Å²) in [5.41, 5.74) is -1.27. The molecule has 0 aliphatic heterocycles. The van der Waals surface area contributed by atoms with Crippen LogP contribution >= 0.6 is 0 Å². The van der Waals surface area contributed by atoms with E-state index in [2.05, 4.69) is 15.6 Å². The predicted molar refractivity (Wildman–Crippen MR) is 103 cm³/mol. The molecule has 0 bridgehead atoms. The zero-order valence-corrected chi connectivity index (χ0v) is 16.8. The van der Waals surface area contributed by atoms with E-state index in [1.807, 2.05) is 6.07 Å². The highest BCUT2D eigenvalue weighted by atomic mass is 19.3. The number of aryl methyl sites for hydroxylation is 1. The Balaban J connectivity index is 2.00. The third-order valence-corrected chi connectivity index (χ3v) is 5.78. The van der Waals surface area contributed by atoms with Crippen molar-refractivity contribution in [1.29, 1.82) is 5.26 Å². The number of halogens is 4. The molecule has 0 radical (unpaired) electrons. The lowest BCUT2D eigenvalue weighted by Gasteiger charge is -2.15. The van der Waals surface area contributed by atoms with Gasteiger partial charge in [0.05, 0.1) is 34.7 Å². The maximum atomic E-state index is 14.8. The lowest BCUT2D eigenvalue weighted by molar-refractivity contribution is -0.128. The number of aromatic nitrogens is 1. The second kappa shape index (κ2) is 7.27. The number of hydrogen-bond donors (Lipinski definition) is 2. The number of carbonyl (C=O) groups excluding carboxylic acids is 1. The Kier molecular flexibility index (Phi) is 5.23. The van der Waals surface area contributed by atoms with Gasteiger partial charge >= 0.3 is 0 Å². The highest BCUT2D eigenvalue weighted by Crippen LogP contribution is 2.71. The average Bonchev–Trinajstić information content (AvgIpc) is 3.18. The van der Waals surface area contributed by atoms with E-state index in [1.165, 1.54) is 13.2 Å². The van der Waals surface area contributed by atoms with Crippen LogP contribution in [0.4, 0.5) is 28.9 Å². The summed E-state index contributed by atoms with van der Waals surface area (Å²) < 4.78 is 58.2. The van der Waals surface area contributed by atoms with Crippen LogP contribution in [-0.4, -0.2) is 23.9 Å². The minimum Gasteiger partial charge on any atom is -0.358 e. The molecule has 1 aromatic heterocycles. The summed E-state index contributed by atoms with van der Waals surface area (Å²) in [4.78, 5) is 16.0. The molecule has 2 N–H and O–H groups in total. The Morgan fingerprint density at radius 3 is 2.50 bits per heavy atom. The molecular weight excluding hydrogens is 400 g/mol. The summed E-state index contributed by atoms with van der Waals surface area (Å²) in [6.07, 6.45) is 1.84. The van der Waals surface area contributed by atoms with Crippen LogP contribution in [0.5, 0.6) is 0 Å². The van der Waals surface area contributed by atoms with Gasteiger partial charge in [0.2, 0.25) is 5.91 Å². The molecule has 1 fully saturated rings. The number of carbonyl (C=O) groups is 1. The quantitative estimate of drug-likeness (QED) is 0.706. The number of benzene rings is 1. The lowest BCUT2D eigenvalue weighted by atomic mass is 9.99. The Labute approximate surface area is 171 Å². The number of nitriles is 1. The Morgan fingerprint density at radius 1 is 1.27 bits per heavy atom. The number of rotatable bonds is 5. The molecule has 5 nitrogen and oxygen atoms in total. The zero-order chi connectivity index (χ0) is 22.4. The average molecular weight is 420 g/mol. The molecule has 1 aliphatic rings. The minimum absolute atomic E-state index is 0.286. The molecule has 2 atom stereocenters. The maximum absolute atomic E-state index is 14.8. The number of alkyl halides is 2. The number of pyridine rings is 1. The van der Waals surface area contributed by atoms with Gasteiger partial charge in [-0.05, 0) is 31.9 Å². The van der Waals surface area contributed by atoms with Crippen LogP contribution in [0.1, 0.15) is 42.1 Å². The van der Waals surface area contributed by atoms with Crippen molar-refractivity contribution in [3.63, 3.8) is 0 Å². The topological polar surface area (TPSA) is 77.8 Å². The largest absolute Gasteiger partial charge is 0.358 e. The molecule has 2 unspecified atom stereocenters. The summed E-state index contributed by atoms with van der Waals surface area (Å²) in [5.74, 6) is -9.02. The number of nitrogens with zero attached hydrogens (tertiary/aromatic N) is 2. The maximum Gasteiger partial charge on any atom is 0.271 e. The molecule has 0 spiro atoms. The van der Waals surface area contributed by atoms with E-state index in [0.29, 0.717) is 28.9 Å². The van der Waals surface area contributed by atoms with Crippen molar-refractivity contribution < 1.29 is 22.4 Å². The first-order chi connectivity index (χ1) is 14.1. The van der Waals surface area contributed by atoms with Crippen molar-refractivity contribution in [1.82, 2.24) is 10.3 Å². The molecular formula is C21H20F4N4O. The third kappa shape index (κ3) is 2.90. The van der Waals surface area contributed by atoms with Crippen LogP contribution in [0.25, 0.3) is 0 Å². The van der Waals surface area contributed by atoms with Crippen molar-refractivity contribution in [2.45, 2.75) is 39.0 Å². The molecule has 1 amide bonds. The normalized spacial score (nSPS) is 21.6. The van der Waals surface area contributed by atoms with Crippen LogP contribution in [0, 0.1) is 35.3 Å². The van der Waals surface area contributed by atoms with Crippen LogP contribution in [0.2, 0.25) is 0 Å². The molecule has 1 saturated carbocycles. The van der Waals surface area contributed by atoms with Crippen LogP contribution in [0.15, 0.2) is 18.3 Å². The molecule has 1 aromatic carbocycles. The number of nitrogens with one attached hydrogen (secondary N) is 2. The molecule has 2 aromatic rings. The van der Waals surface area contributed by atoms with E-state index >= 15 is 0 Å². The van der Waals surface area contributed by atoms with Crippen LogP contribution < -0.4 is 10.6 Å². The first kappa shape index (κ1) is 21.6. The van der Waals surface area contributed by atoms with Crippen molar-refractivity contribution in [2.75, 3.05) is 12.4 Å². The molecule has 9 heteroatoms. The summed E-state index contributed by atoms with van der Waals surface area (Å²) >= 11 is 0. The highest BCUT2D eigenvalue weighted by Gasteiger charge is 2.82. The van der Waals surface area contributed by atoms with Gasteiger partial charge in [0.25, 0.3) is 5.92 Å². The fraction of sp³-hybridized carbons (Fsp3) is 0.381. The Morgan fingerprint density at radius 2 is 1.93 bits per heavy atom. The van der Waals surface area contributed by atoms with E-state index in [1.54, 1.807) is 13.8 Å². The molecule has 3 rings (SSSR count). The molecule has 0 saturated heterocycles. The smallest absolute Gasteiger partial charge is 0.271 e. The molecule has 1 aliphatic carbocycles. The zero-order valence-electron chi connectivity index (χ0n) is 16.8. The van der Waals surface area contributed by atoms with Gasteiger partial charge < -0.3 is 10.6 Å². The first-order valence-corrected chi connectivity index (χ1v) is 9.29. The lowest BCUT2D eigenvalue weighted by Crippen LogP contribution is -2.31. The fourth-order valence-corrected chi connectivity index (χ4v) is 3.89. The summed E-state index contributed by atoms with van der Waals surface area (Å²) in [6.45, 7) is 4.49. The van der Waals surface area contributed by atoms with Gasteiger partial charge in [-0.3, -0.25) is 9.78 Å².